The number of hydrazone groups is 1. The predicted octanol–water partition coefficient (Wildman–Crippen LogP) is 2.48. The van der Waals surface area contributed by atoms with E-state index in [9.17, 15) is 4.79 Å². The van der Waals surface area contributed by atoms with Crippen molar-refractivity contribution in [1.82, 2.24) is 5.01 Å². The molecule has 2 heterocycles. The van der Waals surface area contributed by atoms with E-state index in [1.807, 2.05) is 11.1 Å². The van der Waals surface area contributed by atoms with Gasteiger partial charge < -0.3 is 5.32 Å². The highest BCUT2D eigenvalue weighted by atomic mass is 35.5. The summed E-state index contributed by atoms with van der Waals surface area (Å²) in [5, 5.41) is 9.89. The molecule has 0 aromatic heterocycles. The van der Waals surface area contributed by atoms with Gasteiger partial charge in [0, 0.05) is 23.7 Å². The van der Waals surface area contributed by atoms with Crippen molar-refractivity contribution >= 4 is 28.9 Å². The van der Waals surface area contributed by atoms with Gasteiger partial charge in [-0.3, -0.25) is 9.80 Å². The van der Waals surface area contributed by atoms with Crippen LogP contribution in [0.3, 0.4) is 0 Å². The van der Waals surface area contributed by atoms with Crippen molar-refractivity contribution in [2.75, 3.05) is 18.4 Å². The Hall–Kier alpha value is -1.55. The highest BCUT2D eigenvalue weighted by Gasteiger charge is 2.27. The molecule has 0 radical (unpaired) electrons. The molecule has 1 N–H and O–H groups in total. The van der Waals surface area contributed by atoms with Crippen LogP contribution in [0.15, 0.2) is 23.3 Å². The zero-order valence-corrected chi connectivity index (χ0v) is 10.7. The first-order chi connectivity index (χ1) is 8.74. The monoisotopic (exact) mass is 263 g/mol. The average molecular weight is 264 g/mol. The molecular formula is C13H14ClN3O. The highest BCUT2D eigenvalue weighted by molar-refractivity contribution is 6.54. The number of rotatable bonds is 1. The Bertz CT molecular complexity index is 521. The van der Waals surface area contributed by atoms with E-state index in [-0.39, 0.29) is 5.91 Å². The Morgan fingerprint density at radius 1 is 1.22 bits per heavy atom. The highest BCUT2D eigenvalue weighted by Crippen LogP contribution is 2.27. The maximum atomic E-state index is 11.9. The molecule has 3 rings (SSSR count). The molecule has 0 spiro atoms. The van der Waals surface area contributed by atoms with Gasteiger partial charge >= 0.3 is 0 Å². The minimum Gasteiger partial charge on any atom is -0.320 e. The molecule has 94 valence electrons. The smallest absolute Gasteiger partial charge is 0.276 e. The van der Waals surface area contributed by atoms with E-state index in [4.69, 9.17) is 11.6 Å². The average Bonchev–Trinajstić information content (AvgIpc) is 2.67. The van der Waals surface area contributed by atoms with Gasteiger partial charge in [0.1, 0.15) is 0 Å². The molecule has 0 atom stereocenters. The molecule has 1 aromatic carbocycles. The van der Waals surface area contributed by atoms with Crippen molar-refractivity contribution in [3.63, 3.8) is 0 Å². The van der Waals surface area contributed by atoms with E-state index in [1.54, 1.807) is 12.1 Å². The Morgan fingerprint density at radius 2 is 2.00 bits per heavy atom. The molecule has 0 aliphatic carbocycles. The predicted molar refractivity (Wildman–Crippen MR) is 72.0 cm³/mol. The third-order valence-corrected chi connectivity index (χ3v) is 3.51. The van der Waals surface area contributed by atoms with Crippen LogP contribution < -0.4 is 5.32 Å². The van der Waals surface area contributed by atoms with E-state index < -0.39 is 0 Å². The molecule has 18 heavy (non-hydrogen) atoms. The maximum absolute atomic E-state index is 11.9. The molecule has 4 nitrogen and oxygen atoms in total. The Morgan fingerprint density at radius 3 is 2.78 bits per heavy atom. The van der Waals surface area contributed by atoms with E-state index in [2.05, 4.69) is 10.4 Å². The van der Waals surface area contributed by atoms with Crippen molar-refractivity contribution in [1.29, 1.82) is 0 Å². The van der Waals surface area contributed by atoms with Crippen LogP contribution in [0.2, 0.25) is 5.02 Å². The normalized spacial score (nSPS) is 21.1. The fourth-order valence-corrected chi connectivity index (χ4v) is 2.52. The Balaban J connectivity index is 1.95. The van der Waals surface area contributed by atoms with Crippen molar-refractivity contribution < 1.29 is 4.79 Å². The molecule has 2 aliphatic rings. The second-order valence-corrected chi connectivity index (χ2v) is 5.04. The lowest BCUT2D eigenvalue weighted by atomic mass is 10.1. The number of benzene rings is 1. The molecule has 1 amide bonds. The molecule has 0 unspecified atom stereocenters. The van der Waals surface area contributed by atoms with Gasteiger partial charge in [0.15, 0.2) is 5.71 Å². The van der Waals surface area contributed by atoms with Crippen molar-refractivity contribution in [2.45, 2.75) is 19.3 Å². The number of nitrogens with zero attached hydrogens (tertiary/aromatic N) is 2. The molecule has 1 saturated heterocycles. The van der Waals surface area contributed by atoms with Crippen LogP contribution in [0.25, 0.3) is 0 Å². The lowest BCUT2D eigenvalue weighted by Gasteiger charge is -2.23. The first-order valence-corrected chi connectivity index (χ1v) is 6.57. The lowest BCUT2D eigenvalue weighted by Crippen LogP contribution is -2.28. The van der Waals surface area contributed by atoms with Gasteiger partial charge in [-0.15, -0.1) is 0 Å². The largest absolute Gasteiger partial charge is 0.320 e. The molecule has 0 bridgehead atoms. The number of halogens is 1. The number of carbonyl (C=O) groups is 1. The second kappa shape index (κ2) is 4.61. The van der Waals surface area contributed by atoms with E-state index in [1.165, 1.54) is 6.42 Å². The van der Waals surface area contributed by atoms with Crippen LogP contribution in [0, 0.1) is 0 Å². The zero-order chi connectivity index (χ0) is 12.5. The number of carbonyl (C=O) groups excluding carboxylic acids is 1. The summed E-state index contributed by atoms with van der Waals surface area (Å²) in [5.41, 5.74) is 2.08. The molecule has 1 aromatic rings. The maximum Gasteiger partial charge on any atom is 0.276 e. The van der Waals surface area contributed by atoms with Gasteiger partial charge in [-0.05, 0) is 37.5 Å². The number of fused-ring (bicyclic) bond motifs is 1. The molecule has 1 fully saturated rings. The summed E-state index contributed by atoms with van der Waals surface area (Å²) in [6, 6.07) is 5.37. The summed E-state index contributed by atoms with van der Waals surface area (Å²) < 4.78 is 0. The molecule has 2 aliphatic heterocycles. The summed E-state index contributed by atoms with van der Waals surface area (Å²) >= 11 is 5.97. The minimum absolute atomic E-state index is 0.141. The lowest BCUT2D eigenvalue weighted by molar-refractivity contribution is -0.110. The summed E-state index contributed by atoms with van der Waals surface area (Å²) in [6.07, 6.45) is 3.53. The van der Waals surface area contributed by atoms with Crippen LogP contribution in [0.4, 0.5) is 5.69 Å². The topological polar surface area (TPSA) is 44.7 Å². The second-order valence-electron chi connectivity index (χ2n) is 4.61. The van der Waals surface area contributed by atoms with Crippen LogP contribution in [0.5, 0.6) is 0 Å². The van der Waals surface area contributed by atoms with Gasteiger partial charge in [0.05, 0.1) is 5.69 Å². The summed E-state index contributed by atoms with van der Waals surface area (Å²) in [6.45, 7) is 1.85. The van der Waals surface area contributed by atoms with Gasteiger partial charge in [-0.1, -0.05) is 11.6 Å². The quantitative estimate of drug-likeness (QED) is 0.846. The zero-order valence-electron chi connectivity index (χ0n) is 9.95. The number of anilines is 1. The van der Waals surface area contributed by atoms with Crippen LogP contribution in [0.1, 0.15) is 24.8 Å². The standard InChI is InChI=1S/C13H14ClN3O/c14-9-4-5-11-10(8-9)12(13(18)15-11)16-17-6-2-1-3-7-17/h4-5,8H,1-3,6-7H2,(H,15,16,18). The van der Waals surface area contributed by atoms with Crippen LogP contribution >= 0.6 is 11.6 Å². The minimum atomic E-state index is -0.141. The number of hydrogen-bond donors (Lipinski definition) is 1. The van der Waals surface area contributed by atoms with Gasteiger partial charge in [-0.2, -0.15) is 5.10 Å². The van der Waals surface area contributed by atoms with Crippen molar-refractivity contribution in [2.24, 2.45) is 5.10 Å². The summed E-state index contributed by atoms with van der Waals surface area (Å²) in [4.78, 5) is 11.9. The van der Waals surface area contributed by atoms with Crippen LogP contribution in [-0.2, 0) is 4.79 Å². The Kier molecular flexibility index (Phi) is 2.96. The van der Waals surface area contributed by atoms with E-state index in [0.717, 1.165) is 37.2 Å². The van der Waals surface area contributed by atoms with E-state index in [0.29, 0.717) is 10.7 Å². The molecule has 5 heteroatoms. The van der Waals surface area contributed by atoms with Crippen molar-refractivity contribution in [3.8, 4) is 0 Å². The fraction of sp³-hybridized carbons (Fsp3) is 0.385. The van der Waals surface area contributed by atoms with Crippen LogP contribution in [-0.4, -0.2) is 29.7 Å². The molecular weight excluding hydrogens is 250 g/mol. The number of piperidine rings is 1. The first-order valence-electron chi connectivity index (χ1n) is 6.19. The number of hydrogen-bond acceptors (Lipinski definition) is 3. The van der Waals surface area contributed by atoms with E-state index >= 15 is 0 Å². The summed E-state index contributed by atoms with van der Waals surface area (Å²) in [5.74, 6) is -0.141. The SMILES string of the molecule is O=C1Nc2ccc(Cl)cc2/C1=N/N1CCCCC1. The summed E-state index contributed by atoms with van der Waals surface area (Å²) in [7, 11) is 0. The number of amides is 1. The van der Waals surface area contributed by atoms with Crippen molar-refractivity contribution in [3.05, 3.63) is 28.8 Å². The van der Waals surface area contributed by atoms with Gasteiger partial charge in [0.25, 0.3) is 5.91 Å². The van der Waals surface area contributed by atoms with Gasteiger partial charge in [0.2, 0.25) is 0 Å². The third-order valence-electron chi connectivity index (χ3n) is 3.27. The number of nitrogens with one attached hydrogen (secondary N) is 1. The third kappa shape index (κ3) is 2.08. The van der Waals surface area contributed by atoms with Gasteiger partial charge in [-0.25, -0.2) is 0 Å². The fourth-order valence-electron chi connectivity index (χ4n) is 2.34. The molecule has 0 saturated carbocycles. The first kappa shape index (κ1) is 11.5. The Labute approximate surface area is 111 Å².